The lowest BCUT2D eigenvalue weighted by molar-refractivity contribution is 0.386. The number of benzene rings is 2. The third kappa shape index (κ3) is 10.7. The second-order valence-electron chi connectivity index (χ2n) is 10.6. The Kier molecular flexibility index (Phi) is 14.0. The number of hydrogen-bond acceptors (Lipinski definition) is 11. The molecule has 0 atom stereocenters. The van der Waals surface area contributed by atoms with Gasteiger partial charge in [0.05, 0.1) is 25.2 Å². The number of piperazine rings is 2. The maximum Gasteiger partial charge on any atom is 0.229 e. The molecular weight excluding hydrogens is 857 g/mol. The second kappa shape index (κ2) is 17.5. The number of nitrogens with zero attached hydrogens (tertiary/aromatic N) is 7. The number of nitrogens with one attached hydrogen (secondary N) is 3. The van der Waals surface area contributed by atoms with E-state index in [4.69, 9.17) is 23.2 Å². The Morgan fingerprint density at radius 1 is 0.755 bits per heavy atom. The highest BCUT2D eigenvalue weighted by molar-refractivity contribution is 9.11. The van der Waals surface area contributed by atoms with E-state index in [0.717, 1.165) is 36.5 Å². The fourth-order valence-corrected chi connectivity index (χ4v) is 6.87. The standard InChI is InChI=1S/C15H16BrClFN5O2S.C14H14BrClFN5.ClH/c1-26(24,25)23-6-4-22(5-7-23)14-11(16)9-19-15(21-14)20-10-2-3-13(18)12(17)8-10;15-10-8-19-14(20-9-1-2-12(17)11(16)7-9)21-13(10)22-5-3-18-4-6-22;/h2-3,8-9H,4-7H2,1H3,(H,19,20,21);1-2,7-8,18H,3-6H2,(H,19,20,21);1H. The van der Waals surface area contributed by atoms with Crippen LogP contribution in [0, 0.1) is 11.6 Å². The summed E-state index contributed by atoms with van der Waals surface area (Å²) in [7, 11) is -3.19. The molecule has 4 heterocycles. The Morgan fingerprint density at radius 2 is 1.18 bits per heavy atom. The van der Waals surface area contributed by atoms with Crippen LogP contribution in [0.2, 0.25) is 10.0 Å². The van der Waals surface area contributed by atoms with Crippen LogP contribution in [0.3, 0.4) is 0 Å². The normalized spacial score (nSPS) is 15.2. The summed E-state index contributed by atoms with van der Waals surface area (Å²) in [6.45, 7) is 5.45. The van der Waals surface area contributed by atoms with Gasteiger partial charge in [-0.05, 0) is 68.3 Å². The highest BCUT2D eigenvalue weighted by Gasteiger charge is 2.25. The van der Waals surface area contributed by atoms with E-state index < -0.39 is 21.7 Å². The predicted molar refractivity (Wildman–Crippen MR) is 200 cm³/mol. The summed E-state index contributed by atoms with van der Waals surface area (Å²) in [5, 5.41) is 9.39. The first kappa shape index (κ1) is 39.2. The van der Waals surface area contributed by atoms with E-state index in [1.807, 2.05) is 4.90 Å². The summed E-state index contributed by atoms with van der Waals surface area (Å²) < 4.78 is 52.7. The zero-order chi connectivity index (χ0) is 34.4. The summed E-state index contributed by atoms with van der Waals surface area (Å²) in [6, 6.07) is 8.66. The monoisotopic (exact) mass is 884 g/mol. The van der Waals surface area contributed by atoms with Crippen molar-refractivity contribution < 1.29 is 17.2 Å². The van der Waals surface area contributed by atoms with E-state index in [0.29, 0.717) is 59.7 Å². The van der Waals surface area contributed by atoms with Crippen LogP contribution >= 0.6 is 67.5 Å². The van der Waals surface area contributed by atoms with Gasteiger partial charge in [-0.2, -0.15) is 14.3 Å². The van der Waals surface area contributed by atoms with Crippen molar-refractivity contribution in [3.8, 4) is 0 Å². The third-order valence-corrected chi connectivity index (χ3v) is 10.2. The summed E-state index contributed by atoms with van der Waals surface area (Å²) in [4.78, 5) is 21.6. The molecule has 12 nitrogen and oxygen atoms in total. The molecule has 264 valence electrons. The predicted octanol–water partition coefficient (Wildman–Crippen LogP) is 6.46. The Labute approximate surface area is 315 Å². The van der Waals surface area contributed by atoms with Gasteiger partial charge in [0.1, 0.15) is 23.3 Å². The Bertz CT molecular complexity index is 1870. The minimum absolute atomic E-state index is 0. The average Bonchev–Trinajstić information content (AvgIpc) is 3.07. The van der Waals surface area contributed by atoms with Gasteiger partial charge in [-0.1, -0.05) is 23.2 Å². The van der Waals surface area contributed by atoms with E-state index in [2.05, 4.69) is 72.6 Å². The van der Waals surface area contributed by atoms with Crippen molar-refractivity contribution in [1.29, 1.82) is 0 Å². The molecule has 0 amide bonds. The molecule has 0 saturated carbocycles. The van der Waals surface area contributed by atoms with Gasteiger partial charge >= 0.3 is 0 Å². The summed E-state index contributed by atoms with van der Waals surface area (Å²) in [6.07, 6.45) is 4.52. The molecule has 2 aromatic carbocycles. The Balaban J connectivity index is 0.000000219. The molecule has 49 heavy (non-hydrogen) atoms. The van der Waals surface area contributed by atoms with E-state index in [1.54, 1.807) is 18.5 Å². The van der Waals surface area contributed by atoms with Gasteiger partial charge in [0.25, 0.3) is 0 Å². The lowest BCUT2D eigenvalue weighted by atomic mass is 10.3. The van der Waals surface area contributed by atoms with E-state index in [9.17, 15) is 17.2 Å². The molecule has 2 saturated heterocycles. The molecule has 0 spiro atoms. The molecule has 0 radical (unpaired) electrons. The molecule has 20 heteroatoms. The van der Waals surface area contributed by atoms with Crippen molar-refractivity contribution in [2.75, 3.05) is 79.0 Å². The maximum atomic E-state index is 13.3. The lowest BCUT2D eigenvalue weighted by Crippen LogP contribution is -2.48. The van der Waals surface area contributed by atoms with Crippen LogP contribution < -0.4 is 25.8 Å². The zero-order valence-electron chi connectivity index (χ0n) is 25.8. The molecule has 6 rings (SSSR count). The van der Waals surface area contributed by atoms with Crippen LogP contribution in [0.15, 0.2) is 57.7 Å². The van der Waals surface area contributed by atoms with Crippen LogP contribution in [0.1, 0.15) is 0 Å². The average molecular weight is 888 g/mol. The molecule has 4 aromatic rings. The van der Waals surface area contributed by atoms with Crippen LogP contribution in [0.25, 0.3) is 0 Å². The van der Waals surface area contributed by atoms with Crippen LogP contribution in [0.5, 0.6) is 0 Å². The summed E-state index contributed by atoms with van der Waals surface area (Å²) in [5.41, 5.74) is 1.20. The molecule has 2 fully saturated rings. The first-order valence-electron chi connectivity index (χ1n) is 14.5. The van der Waals surface area contributed by atoms with Crippen molar-refractivity contribution in [2.24, 2.45) is 0 Å². The van der Waals surface area contributed by atoms with Gasteiger partial charge < -0.3 is 25.8 Å². The summed E-state index contributed by atoms with van der Waals surface area (Å²) >= 11 is 18.5. The topological polar surface area (TPSA) is 132 Å². The van der Waals surface area contributed by atoms with Gasteiger partial charge in [0, 0.05) is 76.1 Å². The first-order chi connectivity index (χ1) is 22.9. The number of anilines is 6. The van der Waals surface area contributed by atoms with E-state index >= 15 is 0 Å². The van der Waals surface area contributed by atoms with Crippen molar-refractivity contribution in [3.05, 3.63) is 79.4 Å². The summed E-state index contributed by atoms with van der Waals surface area (Å²) in [5.74, 6) is 1.32. The molecule has 3 N–H and O–H groups in total. The molecule has 0 aliphatic carbocycles. The molecule has 2 aliphatic heterocycles. The number of halogens is 7. The molecular formula is C29H31Br2Cl3F2N10O2S. The molecule has 0 bridgehead atoms. The minimum Gasteiger partial charge on any atom is -0.353 e. The van der Waals surface area contributed by atoms with Gasteiger partial charge in [-0.15, -0.1) is 12.4 Å². The van der Waals surface area contributed by atoms with Gasteiger partial charge in [0.2, 0.25) is 21.9 Å². The molecule has 2 aliphatic rings. The van der Waals surface area contributed by atoms with Crippen molar-refractivity contribution >= 4 is 112 Å². The quantitative estimate of drug-likeness (QED) is 0.189. The smallest absolute Gasteiger partial charge is 0.229 e. The van der Waals surface area contributed by atoms with Crippen LogP contribution in [0.4, 0.5) is 43.7 Å². The van der Waals surface area contributed by atoms with Gasteiger partial charge in [0.15, 0.2) is 0 Å². The highest BCUT2D eigenvalue weighted by atomic mass is 79.9. The Morgan fingerprint density at radius 3 is 1.59 bits per heavy atom. The van der Waals surface area contributed by atoms with Gasteiger partial charge in [-0.3, -0.25) is 0 Å². The number of aromatic nitrogens is 4. The Hall–Kier alpha value is -2.64. The fraction of sp³-hybridized carbons (Fsp3) is 0.310. The number of hydrogen-bond donors (Lipinski definition) is 3. The maximum absolute atomic E-state index is 13.3. The molecule has 2 aromatic heterocycles. The van der Waals surface area contributed by atoms with Crippen LogP contribution in [-0.2, 0) is 10.0 Å². The first-order valence-corrected chi connectivity index (χ1v) is 18.7. The van der Waals surface area contributed by atoms with Crippen molar-refractivity contribution in [1.82, 2.24) is 29.6 Å². The zero-order valence-corrected chi connectivity index (χ0v) is 32.1. The largest absolute Gasteiger partial charge is 0.353 e. The highest BCUT2D eigenvalue weighted by Crippen LogP contribution is 2.29. The fourth-order valence-electron chi connectivity index (χ4n) is 4.79. The molecule has 0 unspecified atom stereocenters. The number of sulfonamides is 1. The van der Waals surface area contributed by atoms with Crippen molar-refractivity contribution in [2.45, 2.75) is 0 Å². The third-order valence-electron chi connectivity index (χ3n) is 7.23. The number of rotatable bonds is 7. The lowest BCUT2D eigenvalue weighted by Gasteiger charge is -2.34. The second-order valence-corrected chi connectivity index (χ2v) is 15.1. The minimum atomic E-state index is -3.19. The van der Waals surface area contributed by atoms with E-state index in [-0.39, 0.29) is 22.5 Å². The van der Waals surface area contributed by atoms with E-state index in [1.165, 1.54) is 40.9 Å². The van der Waals surface area contributed by atoms with Gasteiger partial charge in [-0.25, -0.2) is 27.2 Å². The SMILES string of the molecule is CS(=O)(=O)N1CCN(c2nc(Nc3ccc(F)c(Cl)c3)ncc2Br)CC1.Cl.Fc1ccc(Nc2ncc(Br)c(N3CCNCC3)n2)cc1Cl. The van der Waals surface area contributed by atoms with Crippen molar-refractivity contribution in [3.63, 3.8) is 0 Å². The van der Waals surface area contributed by atoms with Crippen LogP contribution in [-0.4, -0.2) is 91.3 Å².